The Labute approximate surface area is 137 Å². The van der Waals surface area contributed by atoms with Gasteiger partial charge >= 0.3 is 0 Å². The Morgan fingerprint density at radius 2 is 2.00 bits per heavy atom. The van der Waals surface area contributed by atoms with E-state index in [0.29, 0.717) is 18.2 Å². The van der Waals surface area contributed by atoms with Gasteiger partial charge in [-0.1, -0.05) is 12.1 Å². The average molecular weight is 320 g/mol. The van der Waals surface area contributed by atoms with E-state index in [0.717, 1.165) is 27.7 Å². The fourth-order valence-electron chi connectivity index (χ4n) is 2.67. The first-order valence-electron chi connectivity index (χ1n) is 7.74. The summed E-state index contributed by atoms with van der Waals surface area (Å²) < 4.78 is 5.48. The third kappa shape index (κ3) is 2.58. The van der Waals surface area contributed by atoms with Gasteiger partial charge in [-0.2, -0.15) is 0 Å². The van der Waals surface area contributed by atoms with Gasteiger partial charge in [0.15, 0.2) is 0 Å². The van der Waals surface area contributed by atoms with Crippen LogP contribution in [0.2, 0.25) is 0 Å². The number of carbonyl (C=O) groups is 1. The van der Waals surface area contributed by atoms with Crippen LogP contribution in [0.1, 0.15) is 17.4 Å². The Balaban J connectivity index is 1.60. The van der Waals surface area contributed by atoms with Crippen LogP contribution in [0.5, 0.6) is 5.75 Å². The van der Waals surface area contributed by atoms with Crippen LogP contribution in [0, 0.1) is 0 Å². The molecule has 4 aromatic rings. The lowest BCUT2D eigenvalue weighted by atomic mass is 10.2. The van der Waals surface area contributed by atoms with Gasteiger partial charge in [0.1, 0.15) is 11.4 Å². The topological polar surface area (TPSA) is 82.8 Å². The number of hydrogen-bond donors (Lipinski definition) is 3. The van der Waals surface area contributed by atoms with Crippen molar-refractivity contribution < 1.29 is 9.53 Å². The maximum Gasteiger partial charge on any atom is 0.274 e. The molecule has 24 heavy (non-hydrogen) atoms. The fourth-order valence-corrected chi connectivity index (χ4v) is 2.67. The first kappa shape index (κ1) is 14.3. The Morgan fingerprint density at radius 3 is 2.83 bits per heavy atom. The van der Waals surface area contributed by atoms with Gasteiger partial charge < -0.3 is 14.7 Å². The van der Waals surface area contributed by atoms with Gasteiger partial charge in [-0.15, -0.1) is 0 Å². The summed E-state index contributed by atoms with van der Waals surface area (Å²) >= 11 is 0. The van der Waals surface area contributed by atoms with Gasteiger partial charge in [-0.3, -0.25) is 10.1 Å². The number of anilines is 1. The SMILES string of the molecule is CCOc1ccc2cc(C(=O)Nc3nc4ccccc4[nH]3)[nH]c2c1. The highest BCUT2D eigenvalue weighted by molar-refractivity contribution is 6.05. The minimum atomic E-state index is -0.247. The number of nitrogens with one attached hydrogen (secondary N) is 3. The third-order valence-electron chi connectivity index (χ3n) is 3.77. The Morgan fingerprint density at radius 1 is 1.12 bits per heavy atom. The lowest BCUT2D eigenvalue weighted by molar-refractivity contribution is 0.102. The molecule has 0 unspecified atom stereocenters. The van der Waals surface area contributed by atoms with Gasteiger partial charge in [-0.25, -0.2) is 4.98 Å². The molecule has 0 fully saturated rings. The molecule has 6 heteroatoms. The van der Waals surface area contributed by atoms with Crippen LogP contribution < -0.4 is 10.1 Å². The number of para-hydroxylation sites is 2. The van der Waals surface area contributed by atoms with Crippen molar-refractivity contribution in [2.24, 2.45) is 0 Å². The zero-order valence-electron chi connectivity index (χ0n) is 13.1. The van der Waals surface area contributed by atoms with Crippen LogP contribution >= 0.6 is 0 Å². The molecule has 0 atom stereocenters. The molecule has 2 heterocycles. The van der Waals surface area contributed by atoms with E-state index in [1.165, 1.54) is 0 Å². The predicted octanol–water partition coefficient (Wildman–Crippen LogP) is 3.70. The molecule has 0 aliphatic rings. The minimum absolute atomic E-state index is 0.247. The highest BCUT2D eigenvalue weighted by atomic mass is 16.5. The van der Waals surface area contributed by atoms with Crippen molar-refractivity contribution in [3.63, 3.8) is 0 Å². The maximum absolute atomic E-state index is 12.4. The van der Waals surface area contributed by atoms with Crippen LogP contribution in [0.3, 0.4) is 0 Å². The Bertz CT molecular complexity index is 999. The fraction of sp³-hybridized carbons (Fsp3) is 0.111. The number of aromatic amines is 2. The zero-order valence-corrected chi connectivity index (χ0v) is 13.1. The van der Waals surface area contributed by atoms with Gasteiger partial charge in [-0.05, 0) is 37.3 Å². The van der Waals surface area contributed by atoms with E-state index in [1.807, 2.05) is 55.5 Å². The van der Waals surface area contributed by atoms with E-state index in [9.17, 15) is 4.79 Å². The first-order valence-corrected chi connectivity index (χ1v) is 7.74. The van der Waals surface area contributed by atoms with Crippen molar-refractivity contribution >= 4 is 33.8 Å². The second kappa shape index (κ2) is 5.73. The van der Waals surface area contributed by atoms with E-state index in [2.05, 4.69) is 20.3 Å². The standard InChI is InChI=1S/C18H16N4O2/c1-2-24-12-8-7-11-9-16(19-15(11)10-12)17(23)22-18-20-13-5-3-4-6-14(13)21-18/h3-10,19H,2H2,1H3,(H2,20,21,22,23). The van der Waals surface area contributed by atoms with Crippen LogP contribution in [-0.2, 0) is 0 Å². The largest absolute Gasteiger partial charge is 0.494 e. The summed E-state index contributed by atoms with van der Waals surface area (Å²) in [5.74, 6) is 0.953. The molecule has 0 aliphatic heterocycles. The summed E-state index contributed by atoms with van der Waals surface area (Å²) in [6, 6.07) is 15.1. The van der Waals surface area contributed by atoms with Crippen molar-refractivity contribution in [1.82, 2.24) is 15.0 Å². The van der Waals surface area contributed by atoms with Crippen LogP contribution in [0.25, 0.3) is 21.9 Å². The summed E-state index contributed by atoms with van der Waals surface area (Å²) in [4.78, 5) is 23.0. The van der Waals surface area contributed by atoms with E-state index in [-0.39, 0.29) is 5.91 Å². The molecule has 0 bridgehead atoms. The summed E-state index contributed by atoms with van der Waals surface area (Å²) in [7, 11) is 0. The number of imidazole rings is 1. The van der Waals surface area contributed by atoms with E-state index in [4.69, 9.17) is 4.74 Å². The molecule has 0 spiro atoms. The van der Waals surface area contributed by atoms with Crippen LogP contribution in [0.15, 0.2) is 48.5 Å². The van der Waals surface area contributed by atoms with Crippen molar-refractivity contribution in [2.75, 3.05) is 11.9 Å². The highest BCUT2D eigenvalue weighted by Gasteiger charge is 2.12. The lowest BCUT2D eigenvalue weighted by Gasteiger charge is -2.01. The number of ether oxygens (including phenoxy) is 1. The van der Waals surface area contributed by atoms with Crippen molar-refractivity contribution in [2.45, 2.75) is 6.92 Å². The van der Waals surface area contributed by atoms with Crippen molar-refractivity contribution in [3.8, 4) is 5.75 Å². The van der Waals surface area contributed by atoms with Gasteiger partial charge in [0.2, 0.25) is 5.95 Å². The molecule has 3 N–H and O–H groups in total. The highest BCUT2D eigenvalue weighted by Crippen LogP contribution is 2.22. The zero-order chi connectivity index (χ0) is 16.5. The summed E-state index contributed by atoms with van der Waals surface area (Å²) in [6.07, 6.45) is 0. The number of rotatable bonds is 4. The molecule has 6 nitrogen and oxygen atoms in total. The third-order valence-corrected chi connectivity index (χ3v) is 3.77. The molecule has 0 radical (unpaired) electrons. The monoisotopic (exact) mass is 320 g/mol. The number of aromatic nitrogens is 3. The molecule has 0 aliphatic carbocycles. The number of carbonyl (C=O) groups excluding carboxylic acids is 1. The van der Waals surface area contributed by atoms with Crippen molar-refractivity contribution in [3.05, 3.63) is 54.2 Å². The maximum atomic E-state index is 12.4. The molecule has 2 aromatic heterocycles. The van der Waals surface area contributed by atoms with Gasteiger partial charge in [0.05, 0.1) is 17.6 Å². The first-order chi connectivity index (χ1) is 11.7. The quantitative estimate of drug-likeness (QED) is 0.536. The molecule has 0 saturated carbocycles. The molecule has 120 valence electrons. The number of H-pyrrole nitrogens is 2. The summed E-state index contributed by atoms with van der Waals surface area (Å²) in [5, 5.41) is 3.73. The molecule has 2 aromatic carbocycles. The number of nitrogens with zero attached hydrogens (tertiary/aromatic N) is 1. The molecular weight excluding hydrogens is 304 g/mol. The van der Waals surface area contributed by atoms with Crippen LogP contribution in [-0.4, -0.2) is 27.5 Å². The van der Waals surface area contributed by atoms with Gasteiger partial charge in [0.25, 0.3) is 5.91 Å². The number of fused-ring (bicyclic) bond motifs is 2. The number of benzene rings is 2. The molecular formula is C18H16N4O2. The summed E-state index contributed by atoms with van der Waals surface area (Å²) in [6.45, 7) is 2.54. The van der Waals surface area contributed by atoms with E-state index < -0.39 is 0 Å². The predicted molar refractivity (Wildman–Crippen MR) is 93.5 cm³/mol. The Hall–Kier alpha value is -3.28. The average Bonchev–Trinajstić information content (AvgIpc) is 3.17. The molecule has 0 saturated heterocycles. The lowest BCUT2D eigenvalue weighted by Crippen LogP contribution is -2.13. The minimum Gasteiger partial charge on any atom is -0.494 e. The van der Waals surface area contributed by atoms with Gasteiger partial charge in [0, 0.05) is 17.0 Å². The van der Waals surface area contributed by atoms with Crippen molar-refractivity contribution in [1.29, 1.82) is 0 Å². The molecule has 4 rings (SSSR count). The normalized spacial score (nSPS) is 11.0. The van der Waals surface area contributed by atoms with Crippen LogP contribution in [0.4, 0.5) is 5.95 Å². The summed E-state index contributed by atoms with van der Waals surface area (Å²) in [5.41, 5.74) is 3.02. The second-order valence-electron chi connectivity index (χ2n) is 5.42. The van der Waals surface area contributed by atoms with E-state index >= 15 is 0 Å². The number of hydrogen-bond acceptors (Lipinski definition) is 3. The number of amides is 1. The molecule has 1 amide bonds. The van der Waals surface area contributed by atoms with E-state index in [1.54, 1.807) is 0 Å². The second-order valence-corrected chi connectivity index (χ2v) is 5.42. The smallest absolute Gasteiger partial charge is 0.274 e. The Kier molecular flexibility index (Phi) is 3.42.